The SMILES string of the molecule is NS(=O)(=O)c1cc(C(=O)NCCC(=O)O)cs1. The van der Waals surface area contributed by atoms with Crippen molar-refractivity contribution in [1.29, 1.82) is 0 Å². The van der Waals surface area contributed by atoms with E-state index in [0.29, 0.717) is 0 Å². The van der Waals surface area contributed by atoms with Crippen LogP contribution in [0.25, 0.3) is 0 Å². The third kappa shape index (κ3) is 4.13. The summed E-state index contributed by atoms with van der Waals surface area (Å²) in [5.74, 6) is -1.56. The van der Waals surface area contributed by atoms with Crippen molar-refractivity contribution in [3.05, 3.63) is 17.0 Å². The molecule has 9 heteroatoms. The first-order valence-electron chi connectivity index (χ1n) is 4.42. The van der Waals surface area contributed by atoms with Gasteiger partial charge in [0.25, 0.3) is 5.91 Å². The van der Waals surface area contributed by atoms with Crippen molar-refractivity contribution in [3.63, 3.8) is 0 Å². The molecule has 1 rings (SSSR count). The van der Waals surface area contributed by atoms with Gasteiger partial charge >= 0.3 is 5.97 Å². The normalized spacial score (nSPS) is 11.1. The van der Waals surface area contributed by atoms with Crippen LogP contribution in [-0.4, -0.2) is 31.9 Å². The first kappa shape index (κ1) is 13.6. The van der Waals surface area contributed by atoms with E-state index in [1.54, 1.807) is 0 Å². The Morgan fingerprint density at radius 2 is 2.12 bits per heavy atom. The van der Waals surface area contributed by atoms with E-state index in [1.807, 2.05) is 0 Å². The van der Waals surface area contributed by atoms with Gasteiger partial charge in [-0.3, -0.25) is 9.59 Å². The van der Waals surface area contributed by atoms with Crippen molar-refractivity contribution in [2.24, 2.45) is 5.14 Å². The van der Waals surface area contributed by atoms with Gasteiger partial charge in [0.1, 0.15) is 4.21 Å². The molecule has 0 aliphatic carbocycles. The Hall–Kier alpha value is -1.45. The van der Waals surface area contributed by atoms with Crippen LogP contribution < -0.4 is 10.5 Å². The van der Waals surface area contributed by atoms with Crippen molar-refractivity contribution < 1.29 is 23.1 Å². The Morgan fingerprint density at radius 3 is 2.59 bits per heavy atom. The molecule has 0 radical (unpaired) electrons. The fourth-order valence-electron chi connectivity index (χ4n) is 0.970. The fourth-order valence-corrected chi connectivity index (χ4v) is 2.56. The fraction of sp³-hybridized carbons (Fsp3) is 0.250. The van der Waals surface area contributed by atoms with Gasteiger partial charge in [0.15, 0.2) is 0 Å². The molecule has 0 bridgehead atoms. The molecule has 0 aromatic carbocycles. The number of carboxylic acids is 1. The van der Waals surface area contributed by atoms with Gasteiger partial charge < -0.3 is 10.4 Å². The maximum atomic E-state index is 11.4. The number of aliphatic carboxylic acids is 1. The zero-order chi connectivity index (χ0) is 13.1. The summed E-state index contributed by atoms with van der Waals surface area (Å²) in [5, 5.41) is 16.9. The Kier molecular flexibility index (Phi) is 4.21. The molecule has 0 atom stereocenters. The monoisotopic (exact) mass is 278 g/mol. The topological polar surface area (TPSA) is 127 Å². The Bertz CT molecular complexity index is 534. The number of nitrogens with one attached hydrogen (secondary N) is 1. The van der Waals surface area contributed by atoms with Crippen LogP contribution in [0.1, 0.15) is 16.8 Å². The van der Waals surface area contributed by atoms with Crippen molar-refractivity contribution in [2.75, 3.05) is 6.54 Å². The number of hydrogen-bond donors (Lipinski definition) is 3. The van der Waals surface area contributed by atoms with E-state index in [9.17, 15) is 18.0 Å². The quantitative estimate of drug-likeness (QED) is 0.675. The molecule has 1 amide bonds. The summed E-state index contributed by atoms with van der Waals surface area (Å²) in [4.78, 5) is 21.6. The lowest BCUT2D eigenvalue weighted by atomic mass is 10.3. The van der Waals surface area contributed by atoms with E-state index in [1.165, 1.54) is 5.38 Å². The Balaban J connectivity index is 2.65. The zero-order valence-electron chi connectivity index (χ0n) is 8.54. The van der Waals surface area contributed by atoms with Gasteiger partial charge in [-0.1, -0.05) is 0 Å². The lowest BCUT2D eigenvalue weighted by molar-refractivity contribution is -0.136. The number of sulfonamides is 1. The van der Waals surface area contributed by atoms with Crippen LogP contribution in [0.5, 0.6) is 0 Å². The summed E-state index contributed by atoms with van der Waals surface area (Å²) in [6, 6.07) is 1.15. The second-order valence-corrected chi connectivity index (χ2v) is 5.80. The first-order valence-corrected chi connectivity index (χ1v) is 6.84. The average molecular weight is 278 g/mol. The Morgan fingerprint density at radius 1 is 1.47 bits per heavy atom. The average Bonchev–Trinajstić information content (AvgIpc) is 2.64. The lowest BCUT2D eigenvalue weighted by Crippen LogP contribution is -2.25. The predicted octanol–water partition coefficient (Wildman–Crippen LogP) is -0.400. The van der Waals surface area contributed by atoms with Gasteiger partial charge in [0, 0.05) is 11.9 Å². The van der Waals surface area contributed by atoms with E-state index in [-0.39, 0.29) is 22.7 Å². The highest BCUT2D eigenvalue weighted by Gasteiger charge is 2.15. The Labute approximate surface area is 101 Å². The smallest absolute Gasteiger partial charge is 0.305 e. The van der Waals surface area contributed by atoms with Crippen LogP contribution >= 0.6 is 11.3 Å². The van der Waals surface area contributed by atoms with Gasteiger partial charge in [-0.25, -0.2) is 13.6 Å². The molecule has 17 heavy (non-hydrogen) atoms. The molecular weight excluding hydrogens is 268 g/mol. The molecule has 0 spiro atoms. The highest BCUT2D eigenvalue weighted by Crippen LogP contribution is 2.18. The van der Waals surface area contributed by atoms with E-state index >= 15 is 0 Å². The molecule has 1 heterocycles. The summed E-state index contributed by atoms with van der Waals surface area (Å²) in [7, 11) is -3.81. The number of carbonyl (C=O) groups is 2. The number of carboxylic acid groups (broad SMARTS) is 1. The van der Waals surface area contributed by atoms with Crippen LogP contribution in [0.15, 0.2) is 15.7 Å². The second-order valence-electron chi connectivity index (χ2n) is 3.10. The minimum Gasteiger partial charge on any atom is -0.481 e. The zero-order valence-corrected chi connectivity index (χ0v) is 10.2. The predicted molar refractivity (Wildman–Crippen MR) is 60.3 cm³/mol. The molecule has 0 unspecified atom stereocenters. The molecule has 0 saturated heterocycles. The highest BCUT2D eigenvalue weighted by molar-refractivity contribution is 7.91. The summed E-state index contributed by atoms with van der Waals surface area (Å²) in [6.07, 6.45) is -0.197. The standard InChI is InChI=1S/C8H10N2O5S2/c9-17(14,15)7-3-5(4-16-7)8(13)10-2-1-6(11)12/h3-4H,1-2H2,(H,10,13)(H,11,12)(H2,9,14,15). The molecule has 0 aliphatic rings. The highest BCUT2D eigenvalue weighted by atomic mass is 32.2. The van der Waals surface area contributed by atoms with Crippen LogP contribution in [0.2, 0.25) is 0 Å². The number of hydrogen-bond acceptors (Lipinski definition) is 5. The molecule has 94 valence electrons. The van der Waals surface area contributed by atoms with Crippen molar-refractivity contribution in [1.82, 2.24) is 5.32 Å². The number of rotatable bonds is 5. The maximum absolute atomic E-state index is 11.4. The van der Waals surface area contributed by atoms with Crippen LogP contribution in [-0.2, 0) is 14.8 Å². The van der Waals surface area contributed by atoms with Gasteiger partial charge in [0.2, 0.25) is 10.0 Å². The first-order chi connectivity index (χ1) is 7.80. The second kappa shape index (κ2) is 5.25. The summed E-state index contributed by atoms with van der Waals surface area (Å²) >= 11 is 0.834. The molecule has 1 aromatic rings. The molecule has 1 aromatic heterocycles. The van der Waals surface area contributed by atoms with E-state index in [4.69, 9.17) is 10.2 Å². The molecule has 4 N–H and O–H groups in total. The molecular formula is C8H10N2O5S2. The van der Waals surface area contributed by atoms with E-state index < -0.39 is 21.9 Å². The van der Waals surface area contributed by atoms with Crippen LogP contribution in [0.4, 0.5) is 0 Å². The molecule has 0 saturated carbocycles. The summed E-state index contributed by atoms with van der Waals surface area (Å²) in [6.45, 7) is -0.0191. The number of thiophene rings is 1. The number of carbonyl (C=O) groups excluding carboxylic acids is 1. The maximum Gasteiger partial charge on any atom is 0.305 e. The molecule has 0 aliphatic heterocycles. The van der Waals surface area contributed by atoms with Gasteiger partial charge in [0.05, 0.1) is 12.0 Å². The van der Waals surface area contributed by atoms with E-state index in [0.717, 1.165) is 17.4 Å². The van der Waals surface area contributed by atoms with E-state index in [2.05, 4.69) is 5.32 Å². The van der Waals surface area contributed by atoms with Gasteiger partial charge in [-0.2, -0.15) is 0 Å². The summed E-state index contributed by atoms with van der Waals surface area (Å²) < 4.78 is 21.8. The molecule has 7 nitrogen and oxygen atoms in total. The van der Waals surface area contributed by atoms with Gasteiger partial charge in [-0.15, -0.1) is 11.3 Å². The van der Waals surface area contributed by atoms with Gasteiger partial charge in [-0.05, 0) is 6.07 Å². The van der Waals surface area contributed by atoms with Crippen molar-refractivity contribution >= 4 is 33.2 Å². The number of amides is 1. The third-order valence-corrected chi connectivity index (χ3v) is 4.13. The third-order valence-electron chi connectivity index (χ3n) is 1.74. The van der Waals surface area contributed by atoms with Crippen molar-refractivity contribution in [3.8, 4) is 0 Å². The largest absolute Gasteiger partial charge is 0.481 e. The molecule has 0 fully saturated rings. The van der Waals surface area contributed by atoms with Crippen LogP contribution in [0.3, 0.4) is 0 Å². The van der Waals surface area contributed by atoms with Crippen molar-refractivity contribution in [2.45, 2.75) is 10.6 Å². The lowest BCUT2D eigenvalue weighted by Gasteiger charge is -2.00. The summed E-state index contributed by atoms with van der Waals surface area (Å²) in [5.41, 5.74) is 0.143. The minimum atomic E-state index is -3.81. The van der Waals surface area contributed by atoms with Crippen LogP contribution in [0, 0.1) is 0 Å². The number of nitrogens with two attached hydrogens (primary N) is 1. The minimum absolute atomic E-state index is 0.0191. The number of primary sulfonamides is 1.